The highest BCUT2D eigenvalue weighted by atomic mass is 35.5. The molecule has 5 rings (SSSR count). The number of nitrogens with zero attached hydrogens (tertiary/aromatic N) is 2. The average molecular weight is 587 g/mol. The van der Waals surface area contributed by atoms with Gasteiger partial charge in [0.25, 0.3) is 11.5 Å². The molecule has 0 unspecified atom stereocenters. The number of hydrogen-bond acceptors (Lipinski definition) is 4. The van der Waals surface area contributed by atoms with Crippen molar-refractivity contribution >= 4 is 51.6 Å². The number of carbonyl (C=O) groups excluding carboxylic acids is 2. The number of aryl methyl sites for hydroxylation is 1. The van der Waals surface area contributed by atoms with E-state index in [1.807, 2.05) is 13.0 Å². The van der Waals surface area contributed by atoms with E-state index in [0.29, 0.717) is 21.4 Å². The van der Waals surface area contributed by atoms with Gasteiger partial charge in [0, 0.05) is 27.8 Å². The van der Waals surface area contributed by atoms with Crippen molar-refractivity contribution in [3.05, 3.63) is 139 Å². The zero-order chi connectivity index (χ0) is 29.1. The summed E-state index contributed by atoms with van der Waals surface area (Å²) in [6, 6.07) is 25.1. The van der Waals surface area contributed by atoms with Crippen molar-refractivity contribution in [1.82, 2.24) is 14.5 Å². The fourth-order valence-electron chi connectivity index (χ4n) is 4.41. The van der Waals surface area contributed by atoms with E-state index in [2.05, 4.69) is 10.6 Å². The summed E-state index contributed by atoms with van der Waals surface area (Å²) in [5, 5.41) is 6.65. The van der Waals surface area contributed by atoms with Crippen LogP contribution in [0.3, 0.4) is 0 Å². The molecular weight excluding hydrogens is 563 g/mol. The third-order valence-electron chi connectivity index (χ3n) is 6.51. The van der Waals surface area contributed by atoms with Gasteiger partial charge in [-0.15, -0.1) is 0 Å². The third-order valence-corrected chi connectivity index (χ3v) is 7.11. The van der Waals surface area contributed by atoms with Gasteiger partial charge in [0.2, 0.25) is 5.91 Å². The molecule has 0 radical (unpaired) electrons. The summed E-state index contributed by atoms with van der Waals surface area (Å²) in [5.74, 6) is -0.949. The second-order valence-electron chi connectivity index (χ2n) is 9.41. The normalized spacial score (nSPS) is 10.9. The molecule has 1 heterocycles. The van der Waals surface area contributed by atoms with Crippen molar-refractivity contribution in [3.63, 3.8) is 0 Å². The number of nitrogens with one attached hydrogen (secondary N) is 2. The van der Waals surface area contributed by atoms with Gasteiger partial charge in [0.15, 0.2) is 0 Å². The van der Waals surface area contributed by atoms with Gasteiger partial charge in [-0.3, -0.25) is 19.0 Å². The highest BCUT2D eigenvalue weighted by Gasteiger charge is 2.19. The van der Waals surface area contributed by atoms with E-state index >= 15 is 0 Å². The van der Waals surface area contributed by atoms with E-state index in [1.165, 1.54) is 22.8 Å². The molecule has 1 aromatic heterocycles. The molecule has 0 aliphatic carbocycles. The van der Waals surface area contributed by atoms with Crippen LogP contribution >= 0.6 is 23.2 Å². The molecule has 0 atom stereocenters. The van der Waals surface area contributed by atoms with Crippen molar-refractivity contribution < 1.29 is 9.59 Å². The van der Waals surface area contributed by atoms with Crippen LogP contribution < -0.4 is 21.9 Å². The standard InChI is InChI=1S/C31H24Cl2N4O4/c1-19-9-12-24(13-10-19)37-30(40)25-14-11-20(29(39)34-17-21-5-2-3-8-26(21)33)15-27(25)36(31(37)41)18-28(38)35-23-7-4-6-22(32)16-23/h2-16H,17-18H2,1H3,(H,34,39)(H,35,38). The van der Waals surface area contributed by atoms with Gasteiger partial charge in [-0.25, -0.2) is 9.36 Å². The highest BCUT2D eigenvalue weighted by molar-refractivity contribution is 6.31. The van der Waals surface area contributed by atoms with Gasteiger partial charge in [0.05, 0.1) is 16.6 Å². The zero-order valence-corrected chi connectivity index (χ0v) is 23.4. The Bertz CT molecular complexity index is 1910. The Labute approximate surface area is 244 Å². The predicted octanol–water partition coefficient (Wildman–Crippen LogP) is 5.34. The van der Waals surface area contributed by atoms with E-state index in [0.717, 1.165) is 15.7 Å². The average Bonchev–Trinajstić information content (AvgIpc) is 2.95. The molecule has 0 bridgehead atoms. The minimum Gasteiger partial charge on any atom is -0.348 e. The monoisotopic (exact) mass is 586 g/mol. The van der Waals surface area contributed by atoms with Crippen molar-refractivity contribution in [1.29, 1.82) is 0 Å². The van der Waals surface area contributed by atoms with Gasteiger partial charge in [-0.2, -0.15) is 0 Å². The number of halogens is 2. The molecule has 0 saturated heterocycles. The summed E-state index contributed by atoms with van der Waals surface area (Å²) in [7, 11) is 0. The lowest BCUT2D eigenvalue weighted by Crippen LogP contribution is -2.41. The molecular formula is C31H24Cl2N4O4. The fourth-order valence-corrected chi connectivity index (χ4v) is 4.80. The number of carbonyl (C=O) groups is 2. The molecule has 206 valence electrons. The van der Waals surface area contributed by atoms with Gasteiger partial charge in [-0.1, -0.05) is 65.2 Å². The number of aromatic nitrogens is 2. The largest absolute Gasteiger partial charge is 0.348 e. The molecule has 8 nitrogen and oxygen atoms in total. The maximum Gasteiger partial charge on any atom is 0.336 e. The Hall–Kier alpha value is -4.66. The Morgan fingerprint density at radius 1 is 0.854 bits per heavy atom. The second kappa shape index (κ2) is 11.8. The van der Waals surface area contributed by atoms with Crippen LogP contribution in [0.2, 0.25) is 10.0 Å². The number of amides is 2. The highest BCUT2D eigenvalue weighted by Crippen LogP contribution is 2.18. The number of anilines is 1. The van der Waals surface area contributed by atoms with Crippen LogP contribution in [0.15, 0.2) is 101 Å². The van der Waals surface area contributed by atoms with Gasteiger partial charge < -0.3 is 10.6 Å². The number of benzene rings is 4. The number of rotatable bonds is 7. The third kappa shape index (κ3) is 6.09. The maximum absolute atomic E-state index is 13.8. The first-order valence-electron chi connectivity index (χ1n) is 12.6. The van der Waals surface area contributed by atoms with Crippen molar-refractivity contribution in [3.8, 4) is 5.69 Å². The first kappa shape index (κ1) is 27.9. The molecule has 10 heteroatoms. The van der Waals surface area contributed by atoms with E-state index in [4.69, 9.17) is 23.2 Å². The quantitative estimate of drug-likeness (QED) is 0.269. The fraction of sp³-hybridized carbons (Fsp3) is 0.0968. The lowest BCUT2D eigenvalue weighted by Gasteiger charge is -2.15. The van der Waals surface area contributed by atoms with Gasteiger partial charge in [0.1, 0.15) is 6.54 Å². The van der Waals surface area contributed by atoms with E-state index < -0.39 is 29.6 Å². The summed E-state index contributed by atoms with van der Waals surface area (Å²) >= 11 is 12.2. The van der Waals surface area contributed by atoms with Crippen LogP contribution in [0, 0.1) is 6.92 Å². The Balaban J connectivity index is 1.57. The molecule has 2 amide bonds. The molecule has 0 aliphatic rings. The van der Waals surface area contributed by atoms with Gasteiger partial charge >= 0.3 is 5.69 Å². The van der Waals surface area contributed by atoms with Crippen LogP contribution in [-0.2, 0) is 17.9 Å². The molecule has 2 N–H and O–H groups in total. The molecule has 0 aliphatic heterocycles. The number of fused-ring (bicyclic) bond motifs is 1. The van der Waals surface area contributed by atoms with E-state index in [1.54, 1.807) is 66.7 Å². The first-order valence-corrected chi connectivity index (χ1v) is 13.4. The lowest BCUT2D eigenvalue weighted by atomic mass is 10.1. The predicted molar refractivity (Wildman–Crippen MR) is 161 cm³/mol. The van der Waals surface area contributed by atoms with Crippen LogP contribution in [0.1, 0.15) is 21.5 Å². The van der Waals surface area contributed by atoms with E-state index in [9.17, 15) is 19.2 Å². The molecule has 0 saturated carbocycles. The molecule has 4 aromatic carbocycles. The van der Waals surface area contributed by atoms with Crippen LogP contribution in [0.4, 0.5) is 5.69 Å². The Morgan fingerprint density at radius 3 is 2.34 bits per heavy atom. The van der Waals surface area contributed by atoms with Crippen LogP contribution in [0.5, 0.6) is 0 Å². The minimum absolute atomic E-state index is 0.148. The van der Waals surface area contributed by atoms with E-state index in [-0.39, 0.29) is 23.0 Å². The van der Waals surface area contributed by atoms with Crippen LogP contribution in [-0.4, -0.2) is 20.9 Å². The first-order chi connectivity index (χ1) is 19.7. The second-order valence-corrected chi connectivity index (χ2v) is 10.3. The SMILES string of the molecule is Cc1ccc(-n2c(=O)c3ccc(C(=O)NCc4ccccc4Cl)cc3n(CC(=O)Nc3cccc(Cl)c3)c2=O)cc1. The topological polar surface area (TPSA) is 102 Å². The zero-order valence-electron chi connectivity index (χ0n) is 21.9. The molecule has 5 aromatic rings. The van der Waals surface area contributed by atoms with Crippen molar-refractivity contribution in [2.24, 2.45) is 0 Å². The summed E-state index contributed by atoms with van der Waals surface area (Å²) in [6.45, 7) is 1.66. The smallest absolute Gasteiger partial charge is 0.336 e. The molecule has 41 heavy (non-hydrogen) atoms. The lowest BCUT2D eigenvalue weighted by molar-refractivity contribution is -0.116. The summed E-state index contributed by atoms with van der Waals surface area (Å²) in [4.78, 5) is 53.5. The van der Waals surface area contributed by atoms with Crippen molar-refractivity contribution in [2.45, 2.75) is 20.0 Å². The summed E-state index contributed by atoms with van der Waals surface area (Å²) < 4.78 is 2.20. The molecule has 0 spiro atoms. The number of hydrogen-bond donors (Lipinski definition) is 2. The van der Waals surface area contributed by atoms with Crippen LogP contribution in [0.25, 0.3) is 16.6 Å². The summed E-state index contributed by atoms with van der Waals surface area (Å²) in [6.07, 6.45) is 0. The molecule has 0 fully saturated rings. The Morgan fingerprint density at radius 2 is 1.61 bits per heavy atom. The van der Waals surface area contributed by atoms with Gasteiger partial charge in [-0.05, 0) is 67.1 Å². The van der Waals surface area contributed by atoms with Crippen molar-refractivity contribution in [2.75, 3.05) is 5.32 Å². The maximum atomic E-state index is 13.8. The summed E-state index contributed by atoms with van der Waals surface area (Å²) in [5.41, 5.74) is 1.57. The Kier molecular flexibility index (Phi) is 8.05. The minimum atomic E-state index is -0.721.